The molecule has 1 aromatic rings. The SMILES string of the molecule is CCCOc1cccc([C@H](C)NC(=O)N[C@H](C)CC)c1. The third kappa shape index (κ3) is 5.51. The number of rotatable bonds is 7. The molecule has 1 rings (SSSR count). The fourth-order valence-electron chi connectivity index (χ4n) is 1.74. The Kier molecular flexibility index (Phi) is 6.91. The molecule has 4 nitrogen and oxygen atoms in total. The Morgan fingerprint density at radius 3 is 2.65 bits per heavy atom. The Labute approximate surface area is 121 Å². The molecule has 0 aromatic heterocycles. The Hall–Kier alpha value is -1.71. The summed E-state index contributed by atoms with van der Waals surface area (Å²) >= 11 is 0. The van der Waals surface area contributed by atoms with Gasteiger partial charge in [0.25, 0.3) is 0 Å². The summed E-state index contributed by atoms with van der Waals surface area (Å²) in [5, 5.41) is 5.84. The monoisotopic (exact) mass is 278 g/mol. The highest BCUT2D eigenvalue weighted by atomic mass is 16.5. The van der Waals surface area contributed by atoms with Crippen molar-refractivity contribution in [1.29, 1.82) is 0 Å². The summed E-state index contributed by atoms with van der Waals surface area (Å²) in [5.74, 6) is 0.848. The smallest absolute Gasteiger partial charge is 0.315 e. The summed E-state index contributed by atoms with van der Waals surface area (Å²) < 4.78 is 5.60. The molecule has 0 aliphatic heterocycles. The van der Waals surface area contributed by atoms with E-state index in [-0.39, 0.29) is 18.1 Å². The number of carbonyl (C=O) groups excluding carboxylic acids is 1. The second kappa shape index (κ2) is 8.46. The molecule has 4 heteroatoms. The van der Waals surface area contributed by atoms with E-state index in [2.05, 4.69) is 17.6 Å². The van der Waals surface area contributed by atoms with Gasteiger partial charge in [-0.25, -0.2) is 4.79 Å². The zero-order chi connectivity index (χ0) is 15.0. The summed E-state index contributed by atoms with van der Waals surface area (Å²) in [6.07, 6.45) is 1.90. The van der Waals surface area contributed by atoms with Crippen molar-refractivity contribution in [2.75, 3.05) is 6.61 Å². The number of carbonyl (C=O) groups is 1. The molecule has 0 unspecified atom stereocenters. The lowest BCUT2D eigenvalue weighted by molar-refractivity contribution is 0.234. The Balaban J connectivity index is 2.58. The summed E-state index contributed by atoms with van der Waals surface area (Å²) in [6, 6.07) is 7.85. The van der Waals surface area contributed by atoms with Crippen LogP contribution in [0.3, 0.4) is 0 Å². The number of ether oxygens (including phenoxy) is 1. The lowest BCUT2D eigenvalue weighted by Gasteiger charge is -2.18. The fraction of sp³-hybridized carbons (Fsp3) is 0.562. The molecule has 0 radical (unpaired) electrons. The molecule has 20 heavy (non-hydrogen) atoms. The van der Waals surface area contributed by atoms with Crippen LogP contribution < -0.4 is 15.4 Å². The largest absolute Gasteiger partial charge is 0.494 e. The van der Waals surface area contributed by atoms with Crippen molar-refractivity contribution in [3.05, 3.63) is 29.8 Å². The van der Waals surface area contributed by atoms with Gasteiger partial charge >= 0.3 is 6.03 Å². The molecule has 0 heterocycles. The van der Waals surface area contributed by atoms with Gasteiger partial charge in [-0.05, 0) is 44.4 Å². The van der Waals surface area contributed by atoms with Crippen LogP contribution in [-0.2, 0) is 0 Å². The van der Waals surface area contributed by atoms with Gasteiger partial charge in [0, 0.05) is 6.04 Å². The van der Waals surface area contributed by atoms with Gasteiger partial charge in [0.2, 0.25) is 0 Å². The average molecular weight is 278 g/mol. The van der Waals surface area contributed by atoms with Crippen molar-refractivity contribution in [3.8, 4) is 5.75 Å². The van der Waals surface area contributed by atoms with E-state index in [0.29, 0.717) is 6.61 Å². The summed E-state index contributed by atoms with van der Waals surface area (Å²) in [5.41, 5.74) is 1.04. The zero-order valence-electron chi connectivity index (χ0n) is 12.9. The number of benzene rings is 1. The highest BCUT2D eigenvalue weighted by molar-refractivity contribution is 5.74. The van der Waals surface area contributed by atoms with Gasteiger partial charge < -0.3 is 15.4 Å². The molecule has 1 aromatic carbocycles. The third-order valence-electron chi connectivity index (χ3n) is 3.17. The number of nitrogens with one attached hydrogen (secondary N) is 2. The summed E-state index contributed by atoms with van der Waals surface area (Å²) in [4.78, 5) is 11.8. The number of urea groups is 1. The van der Waals surface area contributed by atoms with Crippen LogP contribution in [0.1, 0.15) is 52.1 Å². The van der Waals surface area contributed by atoms with Gasteiger partial charge in [0.05, 0.1) is 12.6 Å². The van der Waals surface area contributed by atoms with Gasteiger partial charge in [0.15, 0.2) is 0 Å². The van der Waals surface area contributed by atoms with E-state index in [1.165, 1.54) is 0 Å². The van der Waals surface area contributed by atoms with E-state index >= 15 is 0 Å². The predicted molar refractivity (Wildman–Crippen MR) is 82.1 cm³/mol. The van der Waals surface area contributed by atoms with Crippen molar-refractivity contribution in [3.63, 3.8) is 0 Å². The van der Waals surface area contributed by atoms with E-state index in [4.69, 9.17) is 4.74 Å². The van der Waals surface area contributed by atoms with E-state index in [1.807, 2.05) is 45.0 Å². The van der Waals surface area contributed by atoms with Crippen LogP contribution in [0.2, 0.25) is 0 Å². The standard InChI is InChI=1S/C16H26N2O2/c1-5-10-20-15-9-7-8-14(11-15)13(4)18-16(19)17-12(3)6-2/h7-9,11-13H,5-6,10H2,1-4H3,(H2,17,18,19)/t12-,13+/m1/s1. The van der Waals surface area contributed by atoms with Crippen LogP contribution in [0, 0.1) is 0 Å². The molecule has 0 saturated heterocycles. The molecule has 0 aliphatic rings. The summed E-state index contributed by atoms with van der Waals surface area (Å²) in [6.45, 7) is 8.79. The topological polar surface area (TPSA) is 50.4 Å². The lowest BCUT2D eigenvalue weighted by Crippen LogP contribution is -2.41. The van der Waals surface area contributed by atoms with Gasteiger partial charge in [-0.2, -0.15) is 0 Å². The Morgan fingerprint density at radius 2 is 2.00 bits per heavy atom. The summed E-state index contributed by atoms with van der Waals surface area (Å²) in [7, 11) is 0. The molecular weight excluding hydrogens is 252 g/mol. The molecular formula is C16H26N2O2. The van der Waals surface area contributed by atoms with Crippen LogP contribution >= 0.6 is 0 Å². The van der Waals surface area contributed by atoms with Gasteiger partial charge in [-0.15, -0.1) is 0 Å². The highest BCUT2D eigenvalue weighted by Crippen LogP contribution is 2.19. The highest BCUT2D eigenvalue weighted by Gasteiger charge is 2.11. The first-order valence-electron chi connectivity index (χ1n) is 7.36. The first kappa shape index (κ1) is 16.3. The zero-order valence-corrected chi connectivity index (χ0v) is 12.9. The molecule has 0 aliphatic carbocycles. The first-order chi connectivity index (χ1) is 9.56. The minimum Gasteiger partial charge on any atom is -0.494 e. The maximum absolute atomic E-state index is 11.8. The van der Waals surface area contributed by atoms with Crippen LogP contribution in [0.5, 0.6) is 5.75 Å². The Morgan fingerprint density at radius 1 is 1.25 bits per heavy atom. The molecule has 2 N–H and O–H groups in total. The normalized spacial score (nSPS) is 13.4. The van der Waals surface area contributed by atoms with Crippen molar-refractivity contribution >= 4 is 6.03 Å². The van der Waals surface area contributed by atoms with E-state index in [0.717, 1.165) is 24.2 Å². The van der Waals surface area contributed by atoms with E-state index in [9.17, 15) is 4.79 Å². The van der Waals surface area contributed by atoms with Crippen LogP contribution in [-0.4, -0.2) is 18.7 Å². The molecule has 0 spiro atoms. The average Bonchev–Trinajstić information content (AvgIpc) is 2.45. The number of amides is 2. The first-order valence-corrected chi connectivity index (χ1v) is 7.36. The maximum Gasteiger partial charge on any atom is 0.315 e. The van der Waals surface area contributed by atoms with Crippen molar-refractivity contribution < 1.29 is 9.53 Å². The maximum atomic E-state index is 11.8. The van der Waals surface area contributed by atoms with Gasteiger partial charge in [-0.3, -0.25) is 0 Å². The van der Waals surface area contributed by atoms with Crippen LogP contribution in [0.25, 0.3) is 0 Å². The number of hydrogen-bond acceptors (Lipinski definition) is 2. The molecule has 0 saturated carbocycles. The third-order valence-corrected chi connectivity index (χ3v) is 3.17. The van der Waals surface area contributed by atoms with E-state index < -0.39 is 0 Å². The van der Waals surface area contributed by atoms with Gasteiger partial charge in [0.1, 0.15) is 5.75 Å². The molecule has 2 atom stereocenters. The molecule has 0 fully saturated rings. The van der Waals surface area contributed by atoms with Crippen molar-refractivity contribution in [2.24, 2.45) is 0 Å². The molecule has 0 bridgehead atoms. The van der Waals surface area contributed by atoms with Gasteiger partial charge in [-0.1, -0.05) is 26.0 Å². The molecule has 112 valence electrons. The van der Waals surface area contributed by atoms with Crippen molar-refractivity contribution in [2.45, 2.75) is 52.6 Å². The fourth-order valence-corrected chi connectivity index (χ4v) is 1.74. The number of hydrogen-bond donors (Lipinski definition) is 2. The van der Waals surface area contributed by atoms with Crippen LogP contribution in [0.15, 0.2) is 24.3 Å². The molecule has 2 amide bonds. The van der Waals surface area contributed by atoms with Crippen molar-refractivity contribution in [1.82, 2.24) is 10.6 Å². The second-order valence-electron chi connectivity index (χ2n) is 5.07. The minimum atomic E-state index is -0.133. The Bertz CT molecular complexity index is 421. The lowest BCUT2D eigenvalue weighted by atomic mass is 10.1. The minimum absolute atomic E-state index is 0.0516. The van der Waals surface area contributed by atoms with E-state index in [1.54, 1.807) is 0 Å². The quantitative estimate of drug-likeness (QED) is 0.800. The van der Waals surface area contributed by atoms with Crippen LogP contribution in [0.4, 0.5) is 4.79 Å². The predicted octanol–water partition coefficient (Wildman–Crippen LogP) is 3.63. The second-order valence-corrected chi connectivity index (χ2v) is 5.07.